The third-order valence-corrected chi connectivity index (χ3v) is 6.71. The molecule has 1 N–H and O–H groups in total. The molecule has 0 saturated heterocycles. The molecule has 0 atom stereocenters. The van der Waals surface area contributed by atoms with Crippen molar-refractivity contribution in [3.63, 3.8) is 0 Å². The van der Waals surface area contributed by atoms with E-state index >= 15 is 0 Å². The second-order valence-electron chi connectivity index (χ2n) is 7.34. The molecule has 0 bridgehead atoms. The zero-order chi connectivity index (χ0) is 22.9. The van der Waals surface area contributed by atoms with E-state index in [-0.39, 0.29) is 16.5 Å². The Kier molecular flexibility index (Phi) is 6.08. The number of nitrogens with one attached hydrogen (secondary N) is 1. The van der Waals surface area contributed by atoms with Crippen LogP contribution in [0.15, 0.2) is 58.2 Å². The molecule has 0 aliphatic heterocycles. The first-order chi connectivity index (χ1) is 14.6. The molecule has 0 unspecified atom stereocenters. The summed E-state index contributed by atoms with van der Waals surface area (Å²) in [7, 11) is -0.758. The van der Waals surface area contributed by atoms with Crippen molar-refractivity contribution in [3.05, 3.63) is 75.7 Å². The highest BCUT2D eigenvalue weighted by Gasteiger charge is 2.24. The van der Waals surface area contributed by atoms with Gasteiger partial charge in [0.05, 0.1) is 16.3 Å². The van der Waals surface area contributed by atoms with Crippen LogP contribution in [0.4, 0.5) is 5.69 Å². The number of rotatable bonds is 6. The quantitative estimate of drug-likeness (QED) is 0.635. The topological polar surface area (TPSA) is 93.4 Å². The fourth-order valence-electron chi connectivity index (χ4n) is 3.23. The number of carbonyl (C=O) groups is 1. The molecule has 0 aliphatic carbocycles. The number of aromatic nitrogens is 2. The van der Waals surface area contributed by atoms with Crippen LogP contribution in [0.1, 0.15) is 28.5 Å². The van der Waals surface area contributed by atoms with Crippen molar-refractivity contribution >= 4 is 21.6 Å². The van der Waals surface area contributed by atoms with Gasteiger partial charge in [0.25, 0.3) is 21.5 Å². The van der Waals surface area contributed by atoms with Gasteiger partial charge in [0.15, 0.2) is 0 Å². The van der Waals surface area contributed by atoms with E-state index < -0.39 is 15.6 Å². The first-order valence-electron chi connectivity index (χ1n) is 9.81. The molecule has 1 aromatic heterocycles. The smallest absolute Gasteiger partial charge is 0.296 e. The molecule has 1 heterocycles. The molecule has 31 heavy (non-hydrogen) atoms. The lowest BCUT2D eigenvalue weighted by molar-refractivity contribution is 0.0801. The minimum absolute atomic E-state index is 0.0366. The zero-order valence-electron chi connectivity index (χ0n) is 18.2. The summed E-state index contributed by atoms with van der Waals surface area (Å²) in [5, 5.41) is 0. The van der Waals surface area contributed by atoms with Crippen molar-refractivity contribution < 1.29 is 13.2 Å². The van der Waals surface area contributed by atoms with Crippen LogP contribution in [0, 0.1) is 13.8 Å². The average molecular weight is 443 g/mol. The Morgan fingerprint density at radius 1 is 1.10 bits per heavy atom. The molecule has 9 heteroatoms. The van der Waals surface area contributed by atoms with E-state index in [1.54, 1.807) is 63.0 Å². The lowest BCUT2D eigenvalue weighted by atomic mass is 10.1. The minimum Gasteiger partial charge on any atom is -0.342 e. The van der Waals surface area contributed by atoms with Gasteiger partial charge in [-0.15, -0.1) is 0 Å². The molecule has 1 amide bonds. The number of anilines is 1. The SMILES string of the molecule is CCN(C)C(=O)c1cc(S(=O)(=O)Nc2c(C)n(C)n(-c3ccccc3)c2=O)ccc1C. The maximum Gasteiger partial charge on any atom is 0.296 e. The molecule has 0 spiro atoms. The van der Waals surface area contributed by atoms with Crippen LogP contribution in [-0.4, -0.2) is 42.2 Å². The summed E-state index contributed by atoms with van der Waals surface area (Å²) in [4.78, 5) is 27.1. The number of benzene rings is 2. The summed E-state index contributed by atoms with van der Waals surface area (Å²) < 4.78 is 31.6. The van der Waals surface area contributed by atoms with Gasteiger partial charge >= 0.3 is 0 Å². The Hall–Kier alpha value is -3.33. The van der Waals surface area contributed by atoms with E-state index in [0.717, 1.165) is 0 Å². The molecular formula is C22H26N4O4S. The van der Waals surface area contributed by atoms with Crippen molar-refractivity contribution in [3.8, 4) is 5.69 Å². The van der Waals surface area contributed by atoms with Crippen LogP contribution in [0.3, 0.4) is 0 Å². The summed E-state index contributed by atoms with van der Waals surface area (Å²) in [6.07, 6.45) is 0. The van der Waals surface area contributed by atoms with Gasteiger partial charge in [-0.25, -0.2) is 13.1 Å². The highest BCUT2D eigenvalue weighted by molar-refractivity contribution is 7.92. The van der Waals surface area contributed by atoms with Gasteiger partial charge < -0.3 is 4.90 Å². The normalized spacial score (nSPS) is 11.4. The van der Waals surface area contributed by atoms with Gasteiger partial charge in [-0.05, 0) is 50.6 Å². The zero-order valence-corrected chi connectivity index (χ0v) is 19.0. The van der Waals surface area contributed by atoms with Gasteiger partial charge in [0.2, 0.25) is 0 Å². The highest BCUT2D eigenvalue weighted by atomic mass is 32.2. The minimum atomic E-state index is -4.10. The van der Waals surface area contributed by atoms with Crippen molar-refractivity contribution in [1.82, 2.24) is 14.3 Å². The Bertz CT molecular complexity index is 1290. The van der Waals surface area contributed by atoms with Crippen LogP contribution in [0.25, 0.3) is 5.69 Å². The molecule has 0 radical (unpaired) electrons. The maximum absolute atomic E-state index is 13.1. The number of aryl methyl sites for hydroxylation is 1. The third-order valence-electron chi connectivity index (χ3n) is 5.36. The van der Waals surface area contributed by atoms with E-state index in [1.165, 1.54) is 21.7 Å². The van der Waals surface area contributed by atoms with E-state index in [0.29, 0.717) is 29.1 Å². The van der Waals surface area contributed by atoms with Crippen molar-refractivity contribution in [1.29, 1.82) is 0 Å². The molecule has 2 aromatic carbocycles. The highest BCUT2D eigenvalue weighted by Crippen LogP contribution is 2.21. The second-order valence-corrected chi connectivity index (χ2v) is 9.02. The van der Waals surface area contributed by atoms with Gasteiger partial charge in [-0.3, -0.25) is 19.0 Å². The summed E-state index contributed by atoms with van der Waals surface area (Å²) in [5.41, 5.74) is 1.54. The monoisotopic (exact) mass is 442 g/mol. The molecule has 0 fully saturated rings. The fraction of sp³-hybridized carbons (Fsp3) is 0.273. The van der Waals surface area contributed by atoms with E-state index in [4.69, 9.17) is 0 Å². The number of amides is 1. The van der Waals surface area contributed by atoms with E-state index in [1.807, 2.05) is 13.0 Å². The Morgan fingerprint density at radius 2 is 1.74 bits per heavy atom. The Balaban J connectivity index is 2.05. The van der Waals surface area contributed by atoms with Crippen LogP contribution in [0.5, 0.6) is 0 Å². The summed E-state index contributed by atoms with van der Waals surface area (Å²) in [6, 6.07) is 13.3. The van der Waals surface area contributed by atoms with Crippen LogP contribution < -0.4 is 10.3 Å². The predicted octanol–water partition coefficient (Wildman–Crippen LogP) is 2.69. The van der Waals surface area contributed by atoms with Gasteiger partial charge in [0.1, 0.15) is 5.69 Å². The molecule has 8 nitrogen and oxygen atoms in total. The molecule has 164 valence electrons. The van der Waals surface area contributed by atoms with Gasteiger partial charge in [-0.1, -0.05) is 24.3 Å². The van der Waals surface area contributed by atoms with Crippen LogP contribution >= 0.6 is 0 Å². The summed E-state index contributed by atoms with van der Waals surface area (Å²) in [6.45, 7) is 5.75. The third kappa shape index (κ3) is 4.13. The number of nitrogens with zero attached hydrogens (tertiary/aromatic N) is 3. The Labute approximate surface area is 181 Å². The van der Waals surface area contributed by atoms with E-state index in [2.05, 4.69) is 4.72 Å². The largest absolute Gasteiger partial charge is 0.342 e. The lowest BCUT2D eigenvalue weighted by Crippen LogP contribution is -2.27. The number of sulfonamides is 1. The summed E-state index contributed by atoms with van der Waals surface area (Å²) in [5.74, 6) is -0.264. The van der Waals surface area contributed by atoms with Crippen molar-refractivity contribution in [2.24, 2.45) is 7.05 Å². The standard InChI is InChI=1S/C22H26N4O4S/c1-6-24(4)21(27)19-14-18(13-12-15(19)2)31(29,30)23-20-16(3)25(5)26(22(20)28)17-10-8-7-9-11-17/h7-14,23H,6H2,1-5H3. The number of hydrogen-bond acceptors (Lipinski definition) is 4. The van der Waals surface area contributed by atoms with E-state index in [9.17, 15) is 18.0 Å². The van der Waals surface area contributed by atoms with Crippen molar-refractivity contribution in [2.45, 2.75) is 25.7 Å². The fourth-order valence-corrected chi connectivity index (χ4v) is 4.37. The summed E-state index contributed by atoms with van der Waals surface area (Å²) >= 11 is 0. The lowest BCUT2D eigenvalue weighted by Gasteiger charge is -2.17. The first-order valence-corrected chi connectivity index (χ1v) is 11.3. The molecule has 0 aliphatic rings. The van der Waals surface area contributed by atoms with Crippen LogP contribution in [-0.2, 0) is 17.1 Å². The predicted molar refractivity (Wildman–Crippen MR) is 120 cm³/mol. The maximum atomic E-state index is 13.1. The van der Waals surface area contributed by atoms with Gasteiger partial charge in [-0.2, -0.15) is 0 Å². The van der Waals surface area contributed by atoms with Crippen LogP contribution in [0.2, 0.25) is 0 Å². The molecule has 3 rings (SSSR count). The second kappa shape index (κ2) is 8.43. The number of carbonyl (C=O) groups excluding carboxylic acids is 1. The Morgan fingerprint density at radius 3 is 2.35 bits per heavy atom. The number of hydrogen-bond donors (Lipinski definition) is 1. The first kappa shape index (κ1) is 22.4. The average Bonchev–Trinajstić information content (AvgIpc) is 2.96. The molecular weight excluding hydrogens is 416 g/mol. The number of para-hydroxylation sites is 1. The molecule has 3 aromatic rings. The van der Waals surface area contributed by atoms with Gasteiger partial charge in [0, 0.05) is 26.2 Å². The van der Waals surface area contributed by atoms with Crippen molar-refractivity contribution in [2.75, 3.05) is 18.3 Å². The molecule has 0 saturated carbocycles.